The first-order valence-corrected chi connectivity index (χ1v) is 7.87. The van der Waals surface area contributed by atoms with Crippen molar-refractivity contribution < 1.29 is 10.2 Å². The van der Waals surface area contributed by atoms with Gasteiger partial charge in [-0.15, -0.1) is 0 Å². The molecule has 2 aliphatic rings. The van der Waals surface area contributed by atoms with E-state index in [1.54, 1.807) is 0 Å². The summed E-state index contributed by atoms with van der Waals surface area (Å²) in [5.74, 6) is 0. The van der Waals surface area contributed by atoms with Crippen molar-refractivity contribution >= 4 is 0 Å². The molecule has 106 valence electrons. The maximum Gasteiger partial charge on any atom is 0.0568 e. The molecular formula is C16H30O2. The van der Waals surface area contributed by atoms with Gasteiger partial charge in [0.05, 0.1) is 12.2 Å². The third-order valence-corrected chi connectivity index (χ3v) is 6.09. The molecule has 2 rings (SSSR count). The van der Waals surface area contributed by atoms with Gasteiger partial charge in [0.15, 0.2) is 0 Å². The Kier molecular flexibility index (Phi) is 4.38. The van der Waals surface area contributed by atoms with Crippen molar-refractivity contribution in [1.29, 1.82) is 0 Å². The molecule has 2 unspecified atom stereocenters. The van der Waals surface area contributed by atoms with Crippen LogP contribution in [-0.2, 0) is 0 Å². The van der Waals surface area contributed by atoms with E-state index < -0.39 is 0 Å². The second-order valence-electron chi connectivity index (χ2n) is 6.99. The van der Waals surface area contributed by atoms with Gasteiger partial charge < -0.3 is 10.2 Å². The fourth-order valence-corrected chi connectivity index (χ4v) is 4.41. The topological polar surface area (TPSA) is 40.5 Å². The minimum atomic E-state index is -0.188. The SMILES string of the molecule is CC(O)C1(CCC2(C(C)O)CCCC2)CCCC1. The Morgan fingerprint density at radius 1 is 0.722 bits per heavy atom. The maximum atomic E-state index is 10.1. The van der Waals surface area contributed by atoms with Crippen molar-refractivity contribution in [2.24, 2.45) is 10.8 Å². The quantitative estimate of drug-likeness (QED) is 0.786. The lowest BCUT2D eigenvalue weighted by Gasteiger charge is -2.39. The molecule has 18 heavy (non-hydrogen) atoms. The van der Waals surface area contributed by atoms with Crippen LogP contribution in [-0.4, -0.2) is 22.4 Å². The van der Waals surface area contributed by atoms with Gasteiger partial charge >= 0.3 is 0 Å². The van der Waals surface area contributed by atoms with E-state index >= 15 is 0 Å². The van der Waals surface area contributed by atoms with Gasteiger partial charge in [-0.2, -0.15) is 0 Å². The van der Waals surface area contributed by atoms with Gasteiger partial charge in [-0.1, -0.05) is 25.7 Å². The van der Waals surface area contributed by atoms with E-state index in [1.807, 2.05) is 13.8 Å². The molecule has 2 nitrogen and oxygen atoms in total. The molecule has 0 spiro atoms. The Bertz CT molecular complexity index is 230. The fourth-order valence-electron chi connectivity index (χ4n) is 4.41. The molecule has 0 heterocycles. The molecule has 0 aliphatic heterocycles. The minimum absolute atomic E-state index is 0.157. The van der Waals surface area contributed by atoms with Crippen LogP contribution in [0.5, 0.6) is 0 Å². The van der Waals surface area contributed by atoms with Crippen LogP contribution in [0.15, 0.2) is 0 Å². The highest BCUT2D eigenvalue weighted by Crippen LogP contribution is 2.51. The highest BCUT2D eigenvalue weighted by atomic mass is 16.3. The predicted octanol–water partition coefficient (Wildman–Crippen LogP) is 3.65. The van der Waals surface area contributed by atoms with Gasteiger partial charge in [0.1, 0.15) is 0 Å². The number of aliphatic hydroxyl groups is 2. The standard InChI is InChI=1S/C16H30O2/c1-13(17)15(7-3-4-8-15)11-12-16(14(2)18)9-5-6-10-16/h13-14,17-18H,3-12H2,1-2H3. The molecular weight excluding hydrogens is 224 g/mol. The Labute approximate surface area is 112 Å². The average Bonchev–Trinajstić information content (AvgIpc) is 2.97. The Morgan fingerprint density at radius 2 is 1.00 bits per heavy atom. The van der Waals surface area contributed by atoms with E-state index in [9.17, 15) is 10.2 Å². The van der Waals surface area contributed by atoms with Gasteiger partial charge in [0.2, 0.25) is 0 Å². The molecule has 2 aliphatic carbocycles. The van der Waals surface area contributed by atoms with Crippen LogP contribution in [0, 0.1) is 10.8 Å². The Hall–Kier alpha value is -0.0800. The summed E-state index contributed by atoms with van der Waals surface area (Å²) in [7, 11) is 0. The van der Waals surface area contributed by atoms with Gasteiger partial charge in [0, 0.05) is 0 Å². The predicted molar refractivity (Wildman–Crippen MR) is 74.4 cm³/mol. The first-order valence-electron chi connectivity index (χ1n) is 7.87. The van der Waals surface area contributed by atoms with E-state index in [2.05, 4.69) is 0 Å². The van der Waals surface area contributed by atoms with E-state index in [1.165, 1.54) is 51.4 Å². The third-order valence-electron chi connectivity index (χ3n) is 6.09. The summed E-state index contributed by atoms with van der Waals surface area (Å²) in [6.07, 6.45) is 11.6. The molecule has 2 fully saturated rings. The highest BCUT2D eigenvalue weighted by molar-refractivity contribution is 4.94. The molecule has 2 atom stereocenters. The second kappa shape index (κ2) is 5.50. The first kappa shape index (κ1) is 14.3. The van der Waals surface area contributed by atoms with Gasteiger partial charge in [-0.3, -0.25) is 0 Å². The van der Waals surface area contributed by atoms with Crippen LogP contribution >= 0.6 is 0 Å². The number of hydrogen-bond donors (Lipinski definition) is 2. The van der Waals surface area contributed by atoms with Gasteiger partial charge in [-0.25, -0.2) is 0 Å². The first-order chi connectivity index (χ1) is 8.51. The summed E-state index contributed by atoms with van der Waals surface area (Å²) in [5.41, 5.74) is 0.314. The zero-order chi connectivity index (χ0) is 13.2. The summed E-state index contributed by atoms with van der Waals surface area (Å²) in [4.78, 5) is 0. The van der Waals surface area contributed by atoms with Crippen molar-refractivity contribution in [1.82, 2.24) is 0 Å². The number of rotatable bonds is 5. The van der Waals surface area contributed by atoms with E-state index in [0.29, 0.717) is 0 Å². The zero-order valence-corrected chi connectivity index (χ0v) is 12.1. The molecule has 2 saturated carbocycles. The summed E-state index contributed by atoms with van der Waals surface area (Å²) in [6.45, 7) is 3.93. The molecule has 0 aromatic heterocycles. The summed E-state index contributed by atoms with van der Waals surface area (Å²) in [5, 5.41) is 20.3. The lowest BCUT2D eigenvalue weighted by atomic mass is 9.69. The van der Waals surface area contributed by atoms with Crippen LogP contribution in [0.4, 0.5) is 0 Å². The largest absolute Gasteiger partial charge is 0.393 e. The fraction of sp³-hybridized carbons (Fsp3) is 1.00. The van der Waals surface area contributed by atoms with Crippen LogP contribution < -0.4 is 0 Å². The molecule has 0 saturated heterocycles. The average molecular weight is 254 g/mol. The third kappa shape index (κ3) is 2.60. The van der Waals surface area contributed by atoms with Crippen molar-refractivity contribution in [3.63, 3.8) is 0 Å². The summed E-state index contributed by atoms with van der Waals surface area (Å²) < 4.78 is 0. The van der Waals surface area contributed by atoms with Crippen LogP contribution in [0.1, 0.15) is 78.1 Å². The smallest absolute Gasteiger partial charge is 0.0568 e. The molecule has 0 aromatic rings. The Balaban J connectivity index is 2.00. The molecule has 0 amide bonds. The molecule has 0 aromatic carbocycles. The number of hydrogen-bond acceptors (Lipinski definition) is 2. The van der Waals surface area contributed by atoms with Gasteiger partial charge in [0.25, 0.3) is 0 Å². The molecule has 2 heteroatoms. The van der Waals surface area contributed by atoms with Crippen molar-refractivity contribution in [3.05, 3.63) is 0 Å². The minimum Gasteiger partial charge on any atom is -0.393 e. The lowest BCUT2D eigenvalue weighted by Crippen LogP contribution is -2.36. The normalized spacial score (nSPS) is 29.3. The van der Waals surface area contributed by atoms with Crippen LogP contribution in [0.3, 0.4) is 0 Å². The lowest BCUT2D eigenvalue weighted by molar-refractivity contribution is -0.00631. The van der Waals surface area contributed by atoms with Crippen LogP contribution in [0.2, 0.25) is 0 Å². The number of aliphatic hydroxyl groups excluding tert-OH is 2. The zero-order valence-electron chi connectivity index (χ0n) is 12.1. The van der Waals surface area contributed by atoms with E-state index in [-0.39, 0.29) is 23.0 Å². The van der Waals surface area contributed by atoms with Crippen molar-refractivity contribution in [2.75, 3.05) is 0 Å². The monoisotopic (exact) mass is 254 g/mol. The Morgan fingerprint density at radius 3 is 1.22 bits per heavy atom. The molecule has 2 N–H and O–H groups in total. The van der Waals surface area contributed by atoms with Crippen molar-refractivity contribution in [3.8, 4) is 0 Å². The van der Waals surface area contributed by atoms with Crippen molar-refractivity contribution in [2.45, 2.75) is 90.3 Å². The highest BCUT2D eigenvalue weighted by Gasteiger charge is 2.43. The summed E-state index contributed by atoms with van der Waals surface area (Å²) in [6, 6.07) is 0. The van der Waals surface area contributed by atoms with E-state index in [0.717, 1.165) is 12.8 Å². The maximum absolute atomic E-state index is 10.1. The van der Waals surface area contributed by atoms with Gasteiger partial charge in [-0.05, 0) is 63.2 Å². The second-order valence-corrected chi connectivity index (χ2v) is 6.99. The molecule has 0 radical (unpaired) electrons. The molecule has 0 bridgehead atoms. The van der Waals surface area contributed by atoms with E-state index in [4.69, 9.17) is 0 Å². The summed E-state index contributed by atoms with van der Waals surface area (Å²) >= 11 is 0. The van der Waals surface area contributed by atoms with Crippen LogP contribution in [0.25, 0.3) is 0 Å².